The summed E-state index contributed by atoms with van der Waals surface area (Å²) in [5.74, 6) is 0.571. The number of unbranched alkanes of at least 4 members (excludes halogenated alkanes) is 1. The molecule has 0 aromatic rings. The maximum Gasteiger partial charge on any atom is 0.147 e. The van der Waals surface area contributed by atoms with E-state index in [2.05, 4.69) is 36.4 Å². The average Bonchev–Trinajstić information content (AvgIpc) is 2.41. The topological polar surface area (TPSA) is 41.6 Å². The van der Waals surface area contributed by atoms with Gasteiger partial charge in [-0.25, -0.2) is 4.99 Å². The zero-order valence-electron chi connectivity index (χ0n) is 12.3. The lowest BCUT2D eigenvalue weighted by Crippen LogP contribution is -2.30. The van der Waals surface area contributed by atoms with E-state index in [9.17, 15) is 0 Å². The van der Waals surface area contributed by atoms with Crippen LogP contribution in [0, 0.1) is 0 Å². The molecule has 1 aliphatic rings. The van der Waals surface area contributed by atoms with Crippen LogP contribution in [0.2, 0.25) is 0 Å². The first-order valence-electron chi connectivity index (χ1n) is 6.90. The second-order valence-electron chi connectivity index (χ2n) is 4.75. The summed E-state index contributed by atoms with van der Waals surface area (Å²) in [6.45, 7) is 10.5. The van der Waals surface area contributed by atoms with Crippen molar-refractivity contribution in [1.29, 1.82) is 0 Å². The molecule has 3 heteroatoms. The summed E-state index contributed by atoms with van der Waals surface area (Å²) in [5.41, 5.74) is 9.31. The van der Waals surface area contributed by atoms with Crippen molar-refractivity contribution < 1.29 is 0 Å². The van der Waals surface area contributed by atoms with Gasteiger partial charge >= 0.3 is 0 Å². The highest BCUT2D eigenvalue weighted by molar-refractivity contribution is 5.98. The van der Waals surface area contributed by atoms with E-state index in [1.165, 1.54) is 5.57 Å². The molecule has 0 saturated heterocycles. The summed E-state index contributed by atoms with van der Waals surface area (Å²) in [4.78, 5) is 6.28. The van der Waals surface area contributed by atoms with Gasteiger partial charge in [-0.05, 0) is 38.7 Å². The number of nitrogens with zero attached hydrogens (tertiary/aromatic N) is 2. The van der Waals surface area contributed by atoms with Crippen molar-refractivity contribution in [1.82, 2.24) is 4.90 Å². The summed E-state index contributed by atoms with van der Waals surface area (Å²) < 4.78 is 0. The van der Waals surface area contributed by atoms with Crippen LogP contribution in [0.15, 0.2) is 53.1 Å². The van der Waals surface area contributed by atoms with Crippen molar-refractivity contribution in [2.45, 2.75) is 46.5 Å². The Bertz CT molecular complexity index is 439. The minimum atomic E-state index is 0.571. The Labute approximate surface area is 116 Å². The molecule has 0 bridgehead atoms. The average molecular weight is 259 g/mol. The molecule has 104 valence electrons. The van der Waals surface area contributed by atoms with Gasteiger partial charge in [0.1, 0.15) is 5.84 Å². The SMILES string of the molecule is C=C(CCCC)N1C=CN=C(N)C1=C(C)CC=CC. The summed E-state index contributed by atoms with van der Waals surface area (Å²) in [5, 5.41) is 0. The first-order valence-corrected chi connectivity index (χ1v) is 6.90. The standard InChI is InChI=1S/C16H25N3/c1-5-7-9-13(3)15-16(17)18-11-12-19(15)14(4)10-8-6-2/h5,7,11-12H,4,6,8-10H2,1-3H3,(H2,17,18). The summed E-state index contributed by atoms with van der Waals surface area (Å²) in [7, 11) is 0. The normalized spacial score (nSPS) is 17.8. The number of aliphatic imine (C=N–C) groups is 1. The largest absolute Gasteiger partial charge is 0.382 e. The Morgan fingerprint density at radius 2 is 2.26 bits per heavy atom. The van der Waals surface area contributed by atoms with Gasteiger partial charge in [-0.1, -0.05) is 32.1 Å². The molecular weight excluding hydrogens is 234 g/mol. The fourth-order valence-electron chi connectivity index (χ4n) is 2.02. The first kappa shape index (κ1) is 15.3. The highest BCUT2D eigenvalue weighted by atomic mass is 15.2. The number of hydrogen-bond acceptors (Lipinski definition) is 3. The van der Waals surface area contributed by atoms with E-state index >= 15 is 0 Å². The maximum absolute atomic E-state index is 6.04. The van der Waals surface area contributed by atoms with Crippen molar-refractivity contribution in [3.63, 3.8) is 0 Å². The third-order valence-electron chi connectivity index (χ3n) is 3.14. The van der Waals surface area contributed by atoms with Gasteiger partial charge in [0.2, 0.25) is 0 Å². The minimum absolute atomic E-state index is 0.571. The Balaban J connectivity index is 2.98. The maximum atomic E-state index is 6.04. The van der Waals surface area contributed by atoms with Gasteiger partial charge in [0.25, 0.3) is 0 Å². The van der Waals surface area contributed by atoms with E-state index in [0.717, 1.165) is 37.1 Å². The number of allylic oxidation sites excluding steroid dienone is 4. The van der Waals surface area contributed by atoms with Crippen LogP contribution in [0.3, 0.4) is 0 Å². The Morgan fingerprint density at radius 3 is 2.89 bits per heavy atom. The van der Waals surface area contributed by atoms with Crippen LogP contribution in [0.4, 0.5) is 0 Å². The smallest absolute Gasteiger partial charge is 0.147 e. The Hall–Kier alpha value is -1.77. The highest BCUT2D eigenvalue weighted by Crippen LogP contribution is 2.24. The number of nitrogens with two attached hydrogens (primary N) is 1. The van der Waals surface area contributed by atoms with Crippen LogP contribution in [0.5, 0.6) is 0 Å². The molecule has 0 aromatic carbocycles. The van der Waals surface area contributed by atoms with Crippen molar-refractivity contribution in [2.24, 2.45) is 10.7 Å². The van der Waals surface area contributed by atoms with Crippen LogP contribution in [-0.2, 0) is 0 Å². The van der Waals surface area contributed by atoms with E-state index in [-0.39, 0.29) is 0 Å². The lowest BCUT2D eigenvalue weighted by Gasteiger charge is -2.29. The summed E-state index contributed by atoms with van der Waals surface area (Å²) >= 11 is 0. The van der Waals surface area contributed by atoms with Gasteiger partial charge in [0.05, 0.1) is 5.70 Å². The van der Waals surface area contributed by atoms with E-state index in [1.807, 2.05) is 19.2 Å². The molecule has 0 aliphatic carbocycles. The molecule has 0 spiro atoms. The van der Waals surface area contributed by atoms with Crippen LogP contribution in [0.1, 0.15) is 46.5 Å². The molecule has 0 radical (unpaired) electrons. The van der Waals surface area contributed by atoms with Crippen LogP contribution < -0.4 is 5.73 Å². The fourth-order valence-corrected chi connectivity index (χ4v) is 2.02. The van der Waals surface area contributed by atoms with Gasteiger partial charge in [-0.3, -0.25) is 0 Å². The molecule has 1 aliphatic heterocycles. The molecule has 0 aromatic heterocycles. The molecule has 2 N–H and O–H groups in total. The molecule has 0 atom stereocenters. The van der Waals surface area contributed by atoms with E-state index in [0.29, 0.717) is 5.84 Å². The molecule has 0 unspecified atom stereocenters. The van der Waals surface area contributed by atoms with Crippen molar-refractivity contribution in [2.75, 3.05) is 0 Å². The lowest BCUT2D eigenvalue weighted by atomic mass is 10.1. The summed E-state index contributed by atoms with van der Waals surface area (Å²) in [6, 6.07) is 0. The molecule has 0 fully saturated rings. The third-order valence-corrected chi connectivity index (χ3v) is 3.14. The number of hydrogen-bond donors (Lipinski definition) is 1. The quantitative estimate of drug-likeness (QED) is 0.730. The lowest BCUT2D eigenvalue weighted by molar-refractivity contribution is 0.543. The highest BCUT2D eigenvalue weighted by Gasteiger charge is 2.18. The van der Waals surface area contributed by atoms with Gasteiger partial charge < -0.3 is 10.6 Å². The van der Waals surface area contributed by atoms with Gasteiger partial charge in [-0.15, -0.1) is 0 Å². The van der Waals surface area contributed by atoms with E-state index < -0.39 is 0 Å². The van der Waals surface area contributed by atoms with Gasteiger partial charge in [0.15, 0.2) is 0 Å². The molecule has 3 nitrogen and oxygen atoms in total. The minimum Gasteiger partial charge on any atom is -0.382 e. The Kier molecular flexibility index (Phi) is 6.13. The second kappa shape index (κ2) is 7.62. The van der Waals surface area contributed by atoms with E-state index in [4.69, 9.17) is 5.73 Å². The molecular formula is C16H25N3. The Morgan fingerprint density at radius 1 is 1.53 bits per heavy atom. The number of amidine groups is 1. The first-order chi connectivity index (χ1) is 9.11. The monoisotopic (exact) mass is 259 g/mol. The molecule has 0 amide bonds. The van der Waals surface area contributed by atoms with Crippen LogP contribution >= 0.6 is 0 Å². The third kappa shape index (κ3) is 4.12. The van der Waals surface area contributed by atoms with Crippen molar-refractivity contribution >= 4 is 5.84 Å². The predicted molar refractivity (Wildman–Crippen MR) is 83.4 cm³/mol. The van der Waals surface area contributed by atoms with E-state index in [1.54, 1.807) is 6.20 Å². The molecule has 1 heterocycles. The molecule has 0 saturated carbocycles. The van der Waals surface area contributed by atoms with Crippen molar-refractivity contribution in [3.05, 3.63) is 48.1 Å². The van der Waals surface area contributed by atoms with Crippen molar-refractivity contribution in [3.8, 4) is 0 Å². The predicted octanol–water partition coefficient (Wildman–Crippen LogP) is 4.07. The van der Waals surface area contributed by atoms with Gasteiger partial charge in [-0.2, -0.15) is 0 Å². The van der Waals surface area contributed by atoms with Crippen LogP contribution in [0.25, 0.3) is 0 Å². The second-order valence-corrected chi connectivity index (χ2v) is 4.75. The zero-order valence-corrected chi connectivity index (χ0v) is 12.3. The van der Waals surface area contributed by atoms with Gasteiger partial charge in [0, 0.05) is 18.1 Å². The fraction of sp³-hybridized carbons (Fsp3) is 0.438. The van der Waals surface area contributed by atoms with Crippen LogP contribution in [-0.4, -0.2) is 10.7 Å². The molecule has 1 rings (SSSR count). The zero-order chi connectivity index (χ0) is 14.3. The molecule has 19 heavy (non-hydrogen) atoms. The number of rotatable bonds is 6. The summed E-state index contributed by atoms with van der Waals surface area (Å²) in [6.07, 6.45) is 12.0.